The van der Waals surface area contributed by atoms with Crippen LogP contribution in [0.5, 0.6) is 0 Å². The van der Waals surface area contributed by atoms with Crippen molar-refractivity contribution >= 4 is 23.5 Å². The molecule has 0 aliphatic heterocycles. The fourth-order valence-corrected chi connectivity index (χ4v) is 2.41. The van der Waals surface area contributed by atoms with Crippen molar-refractivity contribution in [2.45, 2.75) is 5.03 Å². The molecule has 0 amide bonds. The average molecular weight is 300 g/mol. The highest BCUT2D eigenvalue weighted by Crippen LogP contribution is 2.35. The van der Waals surface area contributed by atoms with Crippen molar-refractivity contribution in [3.8, 4) is 23.5 Å². The molecule has 0 aliphatic carbocycles. The van der Waals surface area contributed by atoms with Gasteiger partial charge in [0.1, 0.15) is 34.3 Å². The van der Waals surface area contributed by atoms with Gasteiger partial charge in [-0.05, 0) is 12.1 Å². The van der Waals surface area contributed by atoms with Crippen LogP contribution < -0.4 is 5.73 Å². The van der Waals surface area contributed by atoms with Crippen LogP contribution in [0, 0.1) is 22.7 Å². The lowest BCUT2D eigenvalue weighted by Crippen LogP contribution is -2.05. The van der Waals surface area contributed by atoms with E-state index < -0.39 is 5.97 Å². The highest BCUT2D eigenvalue weighted by molar-refractivity contribution is 7.99. The van der Waals surface area contributed by atoms with E-state index >= 15 is 0 Å². The molecule has 0 radical (unpaired) electrons. The number of hydrogen-bond acceptors (Lipinski definition) is 7. The van der Waals surface area contributed by atoms with Crippen LogP contribution in [0.2, 0.25) is 0 Å². The van der Waals surface area contributed by atoms with Crippen LogP contribution in [0.4, 0.5) is 5.82 Å². The van der Waals surface area contributed by atoms with Crippen LogP contribution in [0.3, 0.4) is 0 Å². The monoisotopic (exact) mass is 300 g/mol. The summed E-state index contributed by atoms with van der Waals surface area (Å²) >= 11 is 0.860. The lowest BCUT2D eigenvalue weighted by molar-refractivity contribution is -0.133. The van der Waals surface area contributed by atoms with E-state index in [4.69, 9.17) is 15.3 Å². The van der Waals surface area contributed by atoms with Crippen LogP contribution in [0.1, 0.15) is 11.1 Å². The largest absolute Gasteiger partial charge is 0.481 e. The third-order valence-electron chi connectivity index (χ3n) is 2.52. The van der Waals surface area contributed by atoms with E-state index in [1.807, 2.05) is 12.1 Å². The third-order valence-corrected chi connectivity index (χ3v) is 3.48. The van der Waals surface area contributed by atoms with Crippen molar-refractivity contribution in [3.05, 3.63) is 29.5 Å². The number of carbonyl (C=O) groups is 1. The highest BCUT2D eigenvalue weighted by Gasteiger charge is 2.22. The molecule has 104 valence electrons. The second kappa shape index (κ2) is 5.99. The number of nitriles is 2. The molecular weight excluding hydrogens is 292 g/mol. The standard InChI is InChI=1S/C13H8N4O3S/c14-4-7-11(9-2-1-3-20-9)8(5-15)13(17-12(7)16)21-6-10(18)19/h1-3H,6H2,(H2,16,17)(H,18,19). The van der Waals surface area contributed by atoms with Gasteiger partial charge in [-0.3, -0.25) is 4.79 Å². The molecule has 0 unspecified atom stereocenters. The molecule has 0 saturated heterocycles. The van der Waals surface area contributed by atoms with Crippen LogP contribution in [0.15, 0.2) is 27.8 Å². The number of nitrogens with two attached hydrogens (primary N) is 1. The van der Waals surface area contributed by atoms with E-state index in [-0.39, 0.29) is 33.3 Å². The Morgan fingerprint density at radius 1 is 1.43 bits per heavy atom. The fourth-order valence-electron chi connectivity index (χ4n) is 1.70. The Bertz CT molecular complexity index is 772. The normalized spacial score (nSPS) is 9.81. The summed E-state index contributed by atoms with van der Waals surface area (Å²) in [4.78, 5) is 14.6. The van der Waals surface area contributed by atoms with Gasteiger partial charge < -0.3 is 15.3 Å². The SMILES string of the molecule is N#Cc1c(N)nc(SCC(=O)O)c(C#N)c1-c1ccco1. The lowest BCUT2D eigenvalue weighted by atomic mass is 10.0. The quantitative estimate of drug-likeness (QED) is 0.816. The number of pyridine rings is 1. The first-order chi connectivity index (χ1) is 10.1. The molecule has 0 atom stereocenters. The highest BCUT2D eigenvalue weighted by atomic mass is 32.2. The smallest absolute Gasteiger partial charge is 0.313 e. The average Bonchev–Trinajstić information content (AvgIpc) is 2.97. The van der Waals surface area contributed by atoms with E-state index in [0.29, 0.717) is 5.76 Å². The Balaban J connectivity index is 2.69. The molecule has 0 fully saturated rings. The maximum atomic E-state index is 10.7. The molecule has 2 aromatic heterocycles. The first-order valence-electron chi connectivity index (χ1n) is 5.60. The van der Waals surface area contributed by atoms with Gasteiger partial charge in [-0.15, -0.1) is 0 Å². The fraction of sp³-hybridized carbons (Fsp3) is 0.0769. The van der Waals surface area contributed by atoms with E-state index in [1.165, 1.54) is 6.26 Å². The number of nitrogens with zero attached hydrogens (tertiary/aromatic N) is 3. The van der Waals surface area contributed by atoms with Gasteiger partial charge in [-0.1, -0.05) is 11.8 Å². The Morgan fingerprint density at radius 3 is 2.67 bits per heavy atom. The molecular formula is C13H8N4O3S. The minimum absolute atomic E-state index is 0.0289. The van der Waals surface area contributed by atoms with Gasteiger partial charge in [0.15, 0.2) is 0 Å². The molecule has 0 saturated carbocycles. The van der Waals surface area contributed by atoms with E-state index in [9.17, 15) is 15.3 Å². The van der Waals surface area contributed by atoms with Gasteiger partial charge >= 0.3 is 5.97 Å². The summed E-state index contributed by atoms with van der Waals surface area (Å²) in [7, 11) is 0. The number of aromatic nitrogens is 1. The van der Waals surface area contributed by atoms with E-state index in [2.05, 4.69) is 4.98 Å². The van der Waals surface area contributed by atoms with Crippen LogP contribution in [-0.4, -0.2) is 21.8 Å². The van der Waals surface area contributed by atoms with Gasteiger partial charge in [-0.2, -0.15) is 10.5 Å². The predicted molar refractivity (Wildman–Crippen MR) is 74.1 cm³/mol. The number of nitrogen functional groups attached to an aromatic ring is 1. The van der Waals surface area contributed by atoms with Crippen molar-refractivity contribution in [3.63, 3.8) is 0 Å². The topological polar surface area (TPSA) is 137 Å². The maximum Gasteiger partial charge on any atom is 0.313 e. The molecule has 7 nitrogen and oxygen atoms in total. The molecule has 3 N–H and O–H groups in total. The Hall–Kier alpha value is -2.97. The van der Waals surface area contributed by atoms with Crippen molar-refractivity contribution in [2.75, 3.05) is 11.5 Å². The summed E-state index contributed by atoms with van der Waals surface area (Å²) in [5.41, 5.74) is 6.05. The van der Waals surface area contributed by atoms with Crippen molar-refractivity contribution in [1.29, 1.82) is 10.5 Å². The van der Waals surface area contributed by atoms with Crippen molar-refractivity contribution in [2.24, 2.45) is 0 Å². The summed E-state index contributed by atoms with van der Waals surface area (Å²) < 4.78 is 5.23. The number of furan rings is 1. The Labute approximate surface area is 123 Å². The molecule has 0 bridgehead atoms. The van der Waals surface area contributed by atoms with Crippen molar-refractivity contribution < 1.29 is 14.3 Å². The minimum atomic E-state index is -1.05. The number of aliphatic carboxylic acids is 1. The molecule has 0 aliphatic rings. The molecule has 21 heavy (non-hydrogen) atoms. The van der Waals surface area contributed by atoms with Gasteiger partial charge in [0.25, 0.3) is 0 Å². The number of carboxylic acid groups (broad SMARTS) is 1. The molecule has 8 heteroatoms. The van der Waals surface area contributed by atoms with Crippen LogP contribution >= 0.6 is 11.8 Å². The predicted octanol–water partition coefficient (Wildman–Crippen LogP) is 1.84. The molecule has 2 heterocycles. The number of rotatable bonds is 4. The van der Waals surface area contributed by atoms with Crippen molar-refractivity contribution in [1.82, 2.24) is 4.98 Å². The summed E-state index contributed by atoms with van der Waals surface area (Å²) in [5, 5.41) is 27.4. The summed E-state index contributed by atoms with van der Waals surface area (Å²) in [6, 6.07) is 7.02. The van der Waals surface area contributed by atoms with Crippen LogP contribution in [0.25, 0.3) is 11.3 Å². The first kappa shape index (κ1) is 14.4. The second-order valence-corrected chi connectivity index (χ2v) is 4.77. The Morgan fingerprint density at radius 2 is 2.14 bits per heavy atom. The number of anilines is 1. The molecule has 2 rings (SSSR count). The molecule has 2 aromatic rings. The van der Waals surface area contributed by atoms with E-state index in [1.54, 1.807) is 12.1 Å². The zero-order valence-corrected chi connectivity index (χ0v) is 11.3. The molecule has 0 spiro atoms. The molecule has 0 aromatic carbocycles. The van der Waals surface area contributed by atoms with Gasteiger partial charge in [0, 0.05) is 0 Å². The van der Waals surface area contributed by atoms with Crippen LogP contribution in [-0.2, 0) is 4.79 Å². The summed E-state index contributed by atoms with van der Waals surface area (Å²) in [6.07, 6.45) is 1.40. The maximum absolute atomic E-state index is 10.7. The zero-order valence-electron chi connectivity index (χ0n) is 10.5. The first-order valence-corrected chi connectivity index (χ1v) is 6.59. The third kappa shape index (κ3) is 2.81. The van der Waals surface area contributed by atoms with Gasteiger partial charge in [0.2, 0.25) is 0 Å². The number of carboxylic acids is 1. The number of hydrogen-bond donors (Lipinski definition) is 2. The second-order valence-electron chi connectivity index (χ2n) is 3.81. The summed E-state index contributed by atoms with van der Waals surface area (Å²) in [5.74, 6) is -1.09. The summed E-state index contributed by atoms with van der Waals surface area (Å²) in [6.45, 7) is 0. The lowest BCUT2D eigenvalue weighted by Gasteiger charge is -2.10. The van der Waals surface area contributed by atoms with Gasteiger partial charge in [-0.25, -0.2) is 4.98 Å². The minimum Gasteiger partial charge on any atom is -0.481 e. The Kier molecular flexibility index (Phi) is 4.12. The number of thioether (sulfide) groups is 1. The zero-order chi connectivity index (χ0) is 15.4. The van der Waals surface area contributed by atoms with E-state index in [0.717, 1.165) is 11.8 Å². The van der Waals surface area contributed by atoms with Gasteiger partial charge in [0.05, 0.1) is 23.1 Å².